The lowest BCUT2D eigenvalue weighted by Crippen LogP contribution is -2.64. The maximum atomic E-state index is 3.62. The van der Waals surface area contributed by atoms with E-state index in [1.54, 1.807) is 0 Å². The second kappa shape index (κ2) is 3.78. The van der Waals surface area contributed by atoms with Crippen LogP contribution in [0.25, 0.3) is 0 Å². The summed E-state index contributed by atoms with van der Waals surface area (Å²) in [4.78, 5) is 0. The molecule has 0 saturated carbocycles. The minimum absolute atomic E-state index is 0.495. The Labute approximate surface area is 76.9 Å². The van der Waals surface area contributed by atoms with Gasteiger partial charge in [0, 0.05) is 5.54 Å². The fraction of sp³-hybridized carbons (Fsp3) is 1.00. The van der Waals surface area contributed by atoms with Crippen LogP contribution in [0, 0.1) is 11.8 Å². The van der Waals surface area contributed by atoms with Gasteiger partial charge in [-0.15, -0.1) is 0 Å². The fourth-order valence-corrected chi connectivity index (χ4v) is 2.25. The minimum Gasteiger partial charge on any atom is -0.311 e. The van der Waals surface area contributed by atoms with Gasteiger partial charge in [-0.05, 0) is 31.2 Å². The highest BCUT2D eigenvalue weighted by molar-refractivity contribution is 5.01. The Kier molecular flexibility index (Phi) is 3.16. The van der Waals surface area contributed by atoms with E-state index in [1.165, 1.54) is 25.8 Å². The summed E-state index contributed by atoms with van der Waals surface area (Å²) in [6.45, 7) is 10.6. The lowest BCUT2D eigenvalue weighted by Gasteiger charge is -2.50. The summed E-state index contributed by atoms with van der Waals surface area (Å²) in [6.07, 6.45) is 3.97. The smallest absolute Gasteiger partial charge is 0.0219 e. The van der Waals surface area contributed by atoms with Crippen molar-refractivity contribution >= 4 is 0 Å². The van der Waals surface area contributed by atoms with Crippen molar-refractivity contribution in [2.75, 3.05) is 6.54 Å². The van der Waals surface area contributed by atoms with Gasteiger partial charge >= 0.3 is 0 Å². The Hall–Kier alpha value is -0.0400. The molecule has 0 bridgehead atoms. The molecule has 0 amide bonds. The predicted octanol–water partition coefficient (Wildman–Crippen LogP) is 2.81. The van der Waals surface area contributed by atoms with Crippen LogP contribution in [0.1, 0.15) is 47.0 Å². The quantitative estimate of drug-likeness (QED) is 0.682. The largest absolute Gasteiger partial charge is 0.311 e. The molecule has 1 nitrogen and oxygen atoms in total. The van der Waals surface area contributed by atoms with Gasteiger partial charge in [-0.25, -0.2) is 0 Å². The third kappa shape index (κ3) is 1.66. The summed E-state index contributed by atoms with van der Waals surface area (Å²) in [6, 6.07) is 0. The van der Waals surface area contributed by atoms with Crippen molar-refractivity contribution in [3.8, 4) is 0 Å². The third-order valence-corrected chi connectivity index (χ3v) is 3.74. The van der Waals surface area contributed by atoms with Crippen LogP contribution >= 0.6 is 0 Å². The SMILES string of the molecule is CC[C@H](C)CC1(CC)NCC1C. The third-order valence-electron chi connectivity index (χ3n) is 3.74. The van der Waals surface area contributed by atoms with Gasteiger partial charge in [0.25, 0.3) is 0 Å². The van der Waals surface area contributed by atoms with E-state index < -0.39 is 0 Å². The number of hydrogen-bond donors (Lipinski definition) is 1. The Morgan fingerprint density at radius 1 is 1.50 bits per heavy atom. The first-order chi connectivity index (χ1) is 5.64. The zero-order valence-electron chi connectivity index (χ0n) is 8.98. The molecule has 2 unspecified atom stereocenters. The van der Waals surface area contributed by atoms with Crippen molar-refractivity contribution in [2.24, 2.45) is 11.8 Å². The van der Waals surface area contributed by atoms with E-state index in [-0.39, 0.29) is 0 Å². The maximum Gasteiger partial charge on any atom is 0.0219 e. The monoisotopic (exact) mass is 169 g/mol. The molecular weight excluding hydrogens is 146 g/mol. The van der Waals surface area contributed by atoms with E-state index in [2.05, 4.69) is 33.0 Å². The molecule has 0 aromatic heterocycles. The highest BCUT2D eigenvalue weighted by Gasteiger charge is 2.42. The highest BCUT2D eigenvalue weighted by Crippen LogP contribution is 2.35. The normalized spacial score (nSPS) is 37.5. The first kappa shape index (κ1) is 10.0. The molecule has 1 rings (SSSR count). The van der Waals surface area contributed by atoms with Crippen molar-refractivity contribution in [3.05, 3.63) is 0 Å². The van der Waals surface area contributed by atoms with E-state index in [4.69, 9.17) is 0 Å². The van der Waals surface area contributed by atoms with Crippen LogP contribution in [0.2, 0.25) is 0 Å². The average Bonchev–Trinajstić information content (AvgIpc) is 2.11. The standard InChI is InChI=1S/C11H23N/c1-5-9(3)7-11(6-2)10(4)8-12-11/h9-10,12H,5-8H2,1-4H3/t9-,10?,11?/m0/s1. The topological polar surface area (TPSA) is 12.0 Å². The molecule has 72 valence electrons. The van der Waals surface area contributed by atoms with Crippen molar-refractivity contribution in [3.63, 3.8) is 0 Å². The molecule has 0 aliphatic carbocycles. The summed E-state index contributed by atoms with van der Waals surface area (Å²) in [5.41, 5.74) is 0.495. The first-order valence-corrected chi connectivity index (χ1v) is 5.39. The molecular formula is C11H23N. The van der Waals surface area contributed by atoms with Gasteiger partial charge in [0.2, 0.25) is 0 Å². The van der Waals surface area contributed by atoms with Gasteiger partial charge < -0.3 is 5.32 Å². The summed E-state index contributed by atoms with van der Waals surface area (Å²) < 4.78 is 0. The van der Waals surface area contributed by atoms with Crippen LogP contribution in [-0.4, -0.2) is 12.1 Å². The summed E-state index contributed by atoms with van der Waals surface area (Å²) in [7, 11) is 0. The molecule has 0 aromatic carbocycles. The number of hydrogen-bond acceptors (Lipinski definition) is 1. The predicted molar refractivity (Wildman–Crippen MR) is 54.3 cm³/mol. The Balaban J connectivity index is 2.45. The van der Waals surface area contributed by atoms with E-state index in [0.717, 1.165) is 11.8 Å². The second-order valence-corrected chi connectivity index (χ2v) is 4.51. The summed E-state index contributed by atoms with van der Waals surface area (Å²) >= 11 is 0. The molecule has 3 atom stereocenters. The van der Waals surface area contributed by atoms with E-state index in [1.807, 2.05) is 0 Å². The molecule has 1 saturated heterocycles. The molecule has 1 N–H and O–H groups in total. The number of nitrogens with one attached hydrogen (secondary N) is 1. The molecule has 0 spiro atoms. The molecule has 1 aliphatic heterocycles. The van der Waals surface area contributed by atoms with Gasteiger partial charge in [0.1, 0.15) is 0 Å². The average molecular weight is 169 g/mol. The summed E-state index contributed by atoms with van der Waals surface area (Å²) in [5.74, 6) is 1.76. The number of rotatable bonds is 4. The molecule has 12 heavy (non-hydrogen) atoms. The van der Waals surface area contributed by atoms with Crippen LogP contribution in [0.4, 0.5) is 0 Å². The van der Waals surface area contributed by atoms with Crippen LogP contribution < -0.4 is 5.32 Å². The lowest BCUT2D eigenvalue weighted by atomic mass is 9.70. The van der Waals surface area contributed by atoms with Crippen molar-refractivity contribution in [1.29, 1.82) is 0 Å². The van der Waals surface area contributed by atoms with Crippen molar-refractivity contribution in [1.82, 2.24) is 5.32 Å². The van der Waals surface area contributed by atoms with Crippen LogP contribution in [-0.2, 0) is 0 Å². The van der Waals surface area contributed by atoms with E-state index in [9.17, 15) is 0 Å². The van der Waals surface area contributed by atoms with Crippen molar-refractivity contribution < 1.29 is 0 Å². The Bertz CT molecular complexity index is 140. The maximum absolute atomic E-state index is 3.62. The molecule has 0 aromatic rings. The second-order valence-electron chi connectivity index (χ2n) is 4.51. The summed E-state index contributed by atoms with van der Waals surface area (Å²) in [5, 5.41) is 3.62. The van der Waals surface area contributed by atoms with Crippen LogP contribution in [0.5, 0.6) is 0 Å². The van der Waals surface area contributed by atoms with E-state index >= 15 is 0 Å². The fourth-order valence-electron chi connectivity index (χ4n) is 2.25. The van der Waals surface area contributed by atoms with Gasteiger partial charge in [0.15, 0.2) is 0 Å². The highest BCUT2D eigenvalue weighted by atomic mass is 15.1. The van der Waals surface area contributed by atoms with Gasteiger partial charge in [-0.3, -0.25) is 0 Å². The lowest BCUT2D eigenvalue weighted by molar-refractivity contribution is 0.0801. The van der Waals surface area contributed by atoms with Crippen molar-refractivity contribution in [2.45, 2.75) is 52.5 Å². The molecule has 1 fully saturated rings. The Morgan fingerprint density at radius 3 is 2.42 bits per heavy atom. The zero-order chi connectivity index (χ0) is 9.19. The first-order valence-electron chi connectivity index (χ1n) is 5.39. The van der Waals surface area contributed by atoms with Crippen LogP contribution in [0.3, 0.4) is 0 Å². The molecule has 1 heterocycles. The zero-order valence-corrected chi connectivity index (χ0v) is 8.98. The molecule has 0 radical (unpaired) electrons. The molecule has 1 aliphatic rings. The molecule has 1 heteroatoms. The minimum atomic E-state index is 0.495. The van der Waals surface area contributed by atoms with Gasteiger partial charge in [0.05, 0.1) is 0 Å². The van der Waals surface area contributed by atoms with E-state index in [0.29, 0.717) is 5.54 Å². The van der Waals surface area contributed by atoms with Gasteiger partial charge in [-0.2, -0.15) is 0 Å². The van der Waals surface area contributed by atoms with Crippen LogP contribution in [0.15, 0.2) is 0 Å². The van der Waals surface area contributed by atoms with Gasteiger partial charge in [-0.1, -0.05) is 34.1 Å². The Morgan fingerprint density at radius 2 is 2.17 bits per heavy atom.